The van der Waals surface area contributed by atoms with Gasteiger partial charge in [0.05, 0.1) is 0 Å². The number of rotatable bonds is 1. The first kappa shape index (κ1) is 10.3. The molecule has 0 bridgehead atoms. The molecule has 0 aliphatic heterocycles. The van der Waals surface area contributed by atoms with Gasteiger partial charge in [-0.25, -0.2) is 4.39 Å². The zero-order chi connectivity index (χ0) is 8.55. The van der Waals surface area contributed by atoms with Crippen LogP contribution in [0.3, 0.4) is 0 Å². The van der Waals surface area contributed by atoms with Crippen molar-refractivity contribution in [3.63, 3.8) is 0 Å². The zero-order valence-corrected chi connectivity index (χ0v) is 7.98. The van der Waals surface area contributed by atoms with E-state index in [2.05, 4.69) is 11.9 Å². The Hall–Kier alpha value is -0.804. The molecule has 1 heterocycles. The van der Waals surface area contributed by atoms with Crippen molar-refractivity contribution >= 4 is 10.9 Å². The van der Waals surface area contributed by atoms with Crippen LogP contribution >= 0.6 is 0 Å². The summed E-state index contributed by atoms with van der Waals surface area (Å²) >= 11 is 0. The van der Waals surface area contributed by atoms with Gasteiger partial charge in [-0.3, -0.25) is 0 Å². The van der Waals surface area contributed by atoms with Gasteiger partial charge < -0.3 is 11.9 Å². The first-order chi connectivity index (χ1) is 5.81. The van der Waals surface area contributed by atoms with Crippen LogP contribution in [0, 0.1) is 12.7 Å². The molecule has 13 heavy (non-hydrogen) atoms. The number of aromatic nitrogens is 1. The van der Waals surface area contributed by atoms with Gasteiger partial charge in [0.15, 0.2) is 0 Å². The standard InChI is InChI=1S/C10H9FN.Co/c1-2-7-6-12-10-4-3-8(11)5-9(7)10;/h3-6,12H,1-2H2;/q-1;. The van der Waals surface area contributed by atoms with E-state index in [1.54, 1.807) is 6.07 Å². The van der Waals surface area contributed by atoms with E-state index in [9.17, 15) is 4.39 Å². The summed E-state index contributed by atoms with van der Waals surface area (Å²) in [5.41, 5.74) is 2.03. The largest absolute Gasteiger partial charge is 0.361 e. The molecule has 3 heteroatoms. The second-order valence-electron chi connectivity index (χ2n) is 2.75. The quantitative estimate of drug-likeness (QED) is 0.712. The molecule has 0 atom stereocenters. The number of hydrogen-bond donors (Lipinski definition) is 1. The normalized spacial score (nSPS) is 10.0. The van der Waals surface area contributed by atoms with Crippen molar-refractivity contribution in [2.24, 2.45) is 0 Å². The van der Waals surface area contributed by atoms with E-state index in [1.165, 1.54) is 12.1 Å². The summed E-state index contributed by atoms with van der Waals surface area (Å²) in [6.45, 7) is 3.77. The molecule has 0 saturated heterocycles. The summed E-state index contributed by atoms with van der Waals surface area (Å²) in [7, 11) is 0. The second kappa shape index (κ2) is 3.94. The van der Waals surface area contributed by atoms with Crippen LogP contribution in [-0.4, -0.2) is 4.98 Å². The van der Waals surface area contributed by atoms with E-state index < -0.39 is 0 Å². The predicted molar refractivity (Wildman–Crippen MR) is 47.3 cm³/mol. The van der Waals surface area contributed by atoms with Crippen LogP contribution in [-0.2, 0) is 23.2 Å². The average Bonchev–Trinajstić information content (AvgIpc) is 2.46. The van der Waals surface area contributed by atoms with E-state index in [0.29, 0.717) is 6.42 Å². The van der Waals surface area contributed by atoms with Gasteiger partial charge in [0.25, 0.3) is 0 Å². The van der Waals surface area contributed by atoms with Crippen LogP contribution in [0.25, 0.3) is 10.9 Å². The van der Waals surface area contributed by atoms with E-state index in [-0.39, 0.29) is 22.6 Å². The van der Waals surface area contributed by atoms with Crippen molar-refractivity contribution in [1.29, 1.82) is 0 Å². The van der Waals surface area contributed by atoms with Gasteiger partial charge in [0.1, 0.15) is 5.82 Å². The molecule has 2 rings (SSSR count). The summed E-state index contributed by atoms with van der Waals surface area (Å²) in [4.78, 5) is 3.06. The zero-order valence-electron chi connectivity index (χ0n) is 6.93. The maximum Gasteiger partial charge on any atom is 0.123 e. The summed E-state index contributed by atoms with van der Waals surface area (Å²) in [5, 5.41) is 0.935. The molecule has 0 amide bonds. The molecule has 1 radical (unpaired) electrons. The molecule has 71 valence electrons. The molecule has 2 aromatic rings. The Morgan fingerprint density at radius 3 is 2.85 bits per heavy atom. The first-order valence-corrected chi connectivity index (χ1v) is 3.86. The van der Waals surface area contributed by atoms with E-state index in [4.69, 9.17) is 0 Å². The van der Waals surface area contributed by atoms with Crippen LogP contribution in [0.4, 0.5) is 4.39 Å². The SMILES string of the molecule is [CH2-]Cc1c[nH]c2ccc(F)cc12.[Co]. The minimum absolute atomic E-state index is 0. The van der Waals surface area contributed by atoms with Crippen molar-refractivity contribution in [3.8, 4) is 0 Å². The number of benzene rings is 1. The van der Waals surface area contributed by atoms with Crippen molar-refractivity contribution in [2.75, 3.05) is 0 Å². The third-order valence-corrected chi connectivity index (χ3v) is 2.00. The maximum absolute atomic E-state index is 12.8. The minimum Gasteiger partial charge on any atom is -0.361 e. The first-order valence-electron chi connectivity index (χ1n) is 3.86. The van der Waals surface area contributed by atoms with E-state index >= 15 is 0 Å². The van der Waals surface area contributed by atoms with Crippen LogP contribution in [0.1, 0.15) is 5.56 Å². The fraction of sp³-hybridized carbons (Fsp3) is 0.100. The fourth-order valence-electron chi connectivity index (χ4n) is 1.36. The Labute approximate surface area is 86.5 Å². The van der Waals surface area contributed by atoms with Gasteiger partial charge in [0.2, 0.25) is 0 Å². The number of fused-ring (bicyclic) bond motifs is 1. The molecule has 0 saturated carbocycles. The number of halogens is 1. The molecule has 1 N–H and O–H groups in total. The Kier molecular flexibility index (Phi) is 3.11. The van der Waals surface area contributed by atoms with Crippen LogP contribution in [0.15, 0.2) is 24.4 Å². The molecule has 0 fully saturated rings. The fourth-order valence-corrected chi connectivity index (χ4v) is 1.36. The van der Waals surface area contributed by atoms with Crippen molar-refractivity contribution < 1.29 is 21.2 Å². The van der Waals surface area contributed by atoms with Gasteiger partial charge in [-0.05, 0) is 18.2 Å². The van der Waals surface area contributed by atoms with Gasteiger partial charge in [0, 0.05) is 33.9 Å². The molecule has 0 aliphatic carbocycles. The average molecular weight is 221 g/mol. The topological polar surface area (TPSA) is 15.8 Å². The maximum atomic E-state index is 12.8. The molecular weight excluding hydrogens is 212 g/mol. The molecule has 0 spiro atoms. The van der Waals surface area contributed by atoms with Crippen molar-refractivity contribution in [2.45, 2.75) is 6.42 Å². The van der Waals surface area contributed by atoms with Crippen molar-refractivity contribution in [3.05, 3.63) is 42.7 Å². The number of aromatic amines is 1. The third-order valence-electron chi connectivity index (χ3n) is 2.00. The van der Waals surface area contributed by atoms with E-state index in [0.717, 1.165) is 16.5 Å². The number of hydrogen-bond acceptors (Lipinski definition) is 0. The molecule has 0 aliphatic rings. The molecular formula is C10H9CoFN-. The molecule has 1 aromatic heterocycles. The Bertz CT molecular complexity index is 408. The monoisotopic (exact) mass is 221 g/mol. The predicted octanol–water partition coefficient (Wildman–Crippen LogP) is 2.68. The van der Waals surface area contributed by atoms with Crippen LogP contribution in [0.5, 0.6) is 0 Å². The van der Waals surface area contributed by atoms with Gasteiger partial charge in [-0.2, -0.15) is 6.42 Å². The summed E-state index contributed by atoms with van der Waals surface area (Å²) in [6, 6.07) is 4.72. The van der Waals surface area contributed by atoms with E-state index in [1.807, 2.05) is 6.20 Å². The second-order valence-corrected chi connectivity index (χ2v) is 2.75. The van der Waals surface area contributed by atoms with Gasteiger partial charge >= 0.3 is 0 Å². The Balaban J connectivity index is 0.000000845. The Morgan fingerprint density at radius 1 is 1.38 bits per heavy atom. The van der Waals surface area contributed by atoms with Crippen LogP contribution in [0.2, 0.25) is 0 Å². The molecule has 1 nitrogen and oxygen atoms in total. The number of H-pyrrole nitrogens is 1. The Morgan fingerprint density at radius 2 is 2.15 bits per heavy atom. The third kappa shape index (κ3) is 1.76. The molecule has 0 unspecified atom stereocenters. The number of nitrogens with one attached hydrogen (secondary N) is 1. The molecule has 1 aromatic carbocycles. The summed E-state index contributed by atoms with van der Waals surface area (Å²) in [6.07, 6.45) is 2.56. The smallest absolute Gasteiger partial charge is 0.123 e. The summed E-state index contributed by atoms with van der Waals surface area (Å²) < 4.78 is 12.8. The van der Waals surface area contributed by atoms with Gasteiger partial charge in [-0.1, -0.05) is 5.56 Å². The van der Waals surface area contributed by atoms with Gasteiger partial charge in [-0.15, -0.1) is 0 Å². The van der Waals surface area contributed by atoms with Crippen molar-refractivity contribution in [1.82, 2.24) is 4.98 Å². The van der Waals surface area contributed by atoms with Crippen LogP contribution < -0.4 is 0 Å². The summed E-state index contributed by atoms with van der Waals surface area (Å²) in [5.74, 6) is -0.197. The minimum atomic E-state index is -0.197.